The molecule has 6 nitrogen and oxygen atoms in total. The summed E-state index contributed by atoms with van der Waals surface area (Å²) in [7, 11) is 0. The summed E-state index contributed by atoms with van der Waals surface area (Å²) < 4.78 is 0. The van der Waals surface area contributed by atoms with Crippen LogP contribution in [0.1, 0.15) is 46.5 Å². The van der Waals surface area contributed by atoms with Crippen LogP contribution < -0.4 is 5.32 Å². The van der Waals surface area contributed by atoms with E-state index in [1.165, 1.54) is 23.4 Å². The normalized spacial score (nSPS) is 19.7. The van der Waals surface area contributed by atoms with E-state index >= 15 is 0 Å². The molecule has 0 spiro atoms. The highest BCUT2D eigenvalue weighted by Crippen LogP contribution is 2.28. The third-order valence-electron chi connectivity index (χ3n) is 4.99. The molecule has 0 radical (unpaired) electrons. The first kappa shape index (κ1) is 16.4. The third kappa shape index (κ3) is 3.81. The second kappa shape index (κ2) is 7.47. The zero-order valence-corrected chi connectivity index (χ0v) is 15.1. The predicted octanol–water partition coefficient (Wildman–Crippen LogP) is 2.55. The fourth-order valence-electron chi connectivity index (χ4n) is 3.68. The minimum Gasteiger partial charge on any atom is -0.338 e. The van der Waals surface area contributed by atoms with Crippen molar-refractivity contribution in [2.45, 2.75) is 44.4 Å². The molecule has 1 aliphatic heterocycles. The van der Waals surface area contributed by atoms with Gasteiger partial charge in [0.15, 0.2) is 0 Å². The molecule has 132 valence electrons. The minimum atomic E-state index is 0.0304. The molecule has 2 aromatic rings. The number of amides is 2. The number of hydrogen-bond donors (Lipinski definition) is 1. The number of likely N-dealkylation sites (tertiary alicyclic amines) is 1. The molecule has 0 aromatic carbocycles. The van der Waals surface area contributed by atoms with Gasteiger partial charge in [0.2, 0.25) is 0 Å². The lowest BCUT2D eigenvalue weighted by Gasteiger charge is -2.32. The van der Waals surface area contributed by atoms with Crippen molar-refractivity contribution in [3.8, 4) is 0 Å². The van der Waals surface area contributed by atoms with Gasteiger partial charge in [-0.3, -0.25) is 0 Å². The van der Waals surface area contributed by atoms with E-state index < -0.39 is 0 Å². The Labute approximate surface area is 151 Å². The number of carbonyl (C=O) groups is 1. The van der Waals surface area contributed by atoms with Crippen LogP contribution in [-0.2, 0) is 19.3 Å². The average molecular weight is 357 g/mol. The second-order valence-corrected chi connectivity index (χ2v) is 7.90. The zero-order valence-electron chi connectivity index (χ0n) is 14.3. The summed E-state index contributed by atoms with van der Waals surface area (Å²) in [6.07, 6.45) is 9.81. The molecule has 1 fully saturated rings. The number of hydrogen-bond acceptors (Lipinski definition) is 5. The summed E-state index contributed by atoms with van der Waals surface area (Å²) in [5.74, 6) is 0.310. The molecule has 7 heteroatoms. The van der Waals surface area contributed by atoms with Gasteiger partial charge in [0.05, 0.1) is 10.7 Å². The van der Waals surface area contributed by atoms with Crippen molar-refractivity contribution in [3.05, 3.63) is 39.9 Å². The number of carbonyl (C=O) groups excluding carboxylic acids is 1. The molecule has 2 aliphatic rings. The van der Waals surface area contributed by atoms with Gasteiger partial charge in [0, 0.05) is 48.7 Å². The van der Waals surface area contributed by atoms with Gasteiger partial charge in [-0.2, -0.15) is 0 Å². The third-order valence-corrected chi connectivity index (χ3v) is 6.20. The average Bonchev–Trinajstić information content (AvgIpc) is 3.24. The van der Waals surface area contributed by atoms with Gasteiger partial charge in [0.1, 0.15) is 6.33 Å². The van der Waals surface area contributed by atoms with Gasteiger partial charge in [-0.1, -0.05) is 0 Å². The number of urea groups is 1. The first-order valence-corrected chi connectivity index (χ1v) is 9.87. The lowest BCUT2D eigenvalue weighted by Crippen LogP contribution is -2.45. The molecule has 0 saturated carbocycles. The topological polar surface area (TPSA) is 71.0 Å². The highest BCUT2D eigenvalue weighted by Gasteiger charge is 2.25. The molecule has 25 heavy (non-hydrogen) atoms. The zero-order chi connectivity index (χ0) is 17.1. The maximum absolute atomic E-state index is 12.5. The van der Waals surface area contributed by atoms with E-state index in [0.717, 1.165) is 49.5 Å². The Kier molecular flexibility index (Phi) is 4.92. The SMILES string of the molecule is O=C(NCCc1nc2c(s1)CCC2)N1CCC[C@H](c2ccncn2)C1. The summed E-state index contributed by atoms with van der Waals surface area (Å²) >= 11 is 1.82. The monoisotopic (exact) mass is 357 g/mol. The Morgan fingerprint density at radius 3 is 3.16 bits per heavy atom. The number of nitrogens with zero attached hydrogens (tertiary/aromatic N) is 4. The first-order chi connectivity index (χ1) is 12.3. The van der Waals surface area contributed by atoms with Crippen LogP contribution in [0, 0.1) is 0 Å². The molecular weight excluding hydrogens is 334 g/mol. The summed E-state index contributed by atoms with van der Waals surface area (Å²) in [6, 6.07) is 1.98. The van der Waals surface area contributed by atoms with Crippen molar-refractivity contribution in [2.24, 2.45) is 0 Å². The number of thiazole rings is 1. The van der Waals surface area contributed by atoms with Crippen molar-refractivity contribution in [3.63, 3.8) is 0 Å². The van der Waals surface area contributed by atoms with Gasteiger partial charge < -0.3 is 10.2 Å². The molecule has 3 heterocycles. The van der Waals surface area contributed by atoms with E-state index in [9.17, 15) is 4.79 Å². The number of fused-ring (bicyclic) bond motifs is 1. The number of aromatic nitrogens is 3. The van der Waals surface area contributed by atoms with E-state index in [4.69, 9.17) is 4.98 Å². The highest BCUT2D eigenvalue weighted by atomic mass is 32.1. The molecular formula is C18H23N5OS. The van der Waals surface area contributed by atoms with Crippen molar-refractivity contribution in [2.75, 3.05) is 19.6 Å². The number of aryl methyl sites for hydroxylation is 2. The lowest BCUT2D eigenvalue weighted by molar-refractivity contribution is 0.179. The van der Waals surface area contributed by atoms with Gasteiger partial charge in [-0.25, -0.2) is 19.7 Å². The van der Waals surface area contributed by atoms with Crippen LogP contribution in [0.2, 0.25) is 0 Å². The van der Waals surface area contributed by atoms with E-state index in [1.54, 1.807) is 12.5 Å². The van der Waals surface area contributed by atoms with Crippen molar-refractivity contribution < 1.29 is 4.79 Å². The van der Waals surface area contributed by atoms with Gasteiger partial charge in [-0.15, -0.1) is 11.3 Å². The number of rotatable bonds is 4. The number of piperidine rings is 1. The summed E-state index contributed by atoms with van der Waals surface area (Å²) in [4.78, 5) is 28.8. The van der Waals surface area contributed by atoms with Crippen LogP contribution in [0.25, 0.3) is 0 Å². The van der Waals surface area contributed by atoms with Gasteiger partial charge in [0.25, 0.3) is 0 Å². The Morgan fingerprint density at radius 1 is 1.36 bits per heavy atom. The molecule has 4 rings (SSSR count). The minimum absolute atomic E-state index is 0.0304. The van der Waals surface area contributed by atoms with Gasteiger partial charge in [-0.05, 0) is 38.2 Å². The maximum Gasteiger partial charge on any atom is 0.317 e. The molecule has 1 saturated heterocycles. The molecule has 1 atom stereocenters. The Balaban J connectivity index is 1.27. The molecule has 0 unspecified atom stereocenters. The fraction of sp³-hybridized carbons (Fsp3) is 0.556. The van der Waals surface area contributed by atoms with Crippen molar-refractivity contribution >= 4 is 17.4 Å². The Hall–Kier alpha value is -2.02. The van der Waals surface area contributed by atoms with E-state index in [2.05, 4.69) is 15.3 Å². The van der Waals surface area contributed by atoms with Crippen LogP contribution in [0.15, 0.2) is 18.6 Å². The van der Waals surface area contributed by atoms with Crippen molar-refractivity contribution in [1.29, 1.82) is 0 Å². The largest absolute Gasteiger partial charge is 0.338 e. The Morgan fingerprint density at radius 2 is 2.32 bits per heavy atom. The van der Waals surface area contributed by atoms with E-state index in [1.807, 2.05) is 22.3 Å². The molecule has 2 amide bonds. The van der Waals surface area contributed by atoms with Crippen LogP contribution in [-0.4, -0.2) is 45.5 Å². The Bertz CT molecular complexity index is 711. The van der Waals surface area contributed by atoms with Crippen LogP contribution >= 0.6 is 11.3 Å². The van der Waals surface area contributed by atoms with E-state index in [-0.39, 0.29) is 6.03 Å². The summed E-state index contributed by atoms with van der Waals surface area (Å²) in [5, 5.41) is 4.21. The standard InChI is InChI=1S/C18H23N5OS/c24-18(20-9-7-17-22-15-4-1-5-16(15)25-17)23-10-2-3-13(11-23)14-6-8-19-12-21-14/h6,8,12-13H,1-5,7,9-11H2,(H,20,24)/t13-/m0/s1. The molecule has 0 bridgehead atoms. The molecule has 2 aromatic heterocycles. The quantitative estimate of drug-likeness (QED) is 0.913. The fourth-order valence-corrected chi connectivity index (χ4v) is 4.84. The predicted molar refractivity (Wildman–Crippen MR) is 96.8 cm³/mol. The lowest BCUT2D eigenvalue weighted by atomic mass is 9.95. The van der Waals surface area contributed by atoms with E-state index in [0.29, 0.717) is 12.5 Å². The first-order valence-electron chi connectivity index (χ1n) is 9.06. The summed E-state index contributed by atoms with van der Waals surface area (Å²) in [5.41, 5.74) is 2.32. The molecule has 1 N–H and O–H groups in total. The molecule has 1 aliphatic carbocycles. The van der Waals surface area contributed by atoms with Crippen LogP contribution in [0.3, 0.4) is 0 Å². The summed E-state index contributed by atoms with van der Waals surface area (Å²) in [6.45, 7) is 2.20. The smallest absolute Gasteiger partial charge is 0.317 e. The van der Waals surface area contributed by atoms with Crippen LogP contribution in [0.4, 0.5) is 4.79 Å². The highest BCUT2D eigenvalue weighted by molar-refractivity contribution is 7.11. The maximum atomic E-state index is 12.5. The van der Waals surface area contributed by atoms with Gasteiger partial charge >= 0.3 is 6.03 Å². The van der Waals surface area contributed by atoms with Crippen molar-refractivity contribution in [1.82, 2.24) is 25.2 Å². The second-order valence-electron chi connectivity index (χ2n) is 6.73. The van der Waals surface area contributed by atoms with Crippen LogP contribution in [0.5, 0.6) is 0 Å². The number of nitrogens with one attached hydrogen (secondary N) is 1.